The summed E-state index contributed by atoms with van der Waals surface area (Å²) in [5.41, 5.74) is 3.25. The molecule has 1 N–H and O–H groups in total. The van der Waals surface area contributed by atoms with Gasteiger partial charge < -0.3 is 10.2 Å². The summed E-state index contributed by atoms with van der Waals surface area (Å²) in [6, 6.07) is 11.2. The molecule has 0 fully saturated rings. The quantitative estimate of drug-likeness (QED) is 0.677. The second kappa shape index (κ2) is 8.80. The highest BCUT2D eigenvalue weighted by atomic mass is 35.5. The lowest BCUT2D eigenvalue weighted by Gasteiger charge is -2.17. The summed E-state index contributed by atoms with van der Waals surface area (Å²) in [4.78, 5) is 27.2. The molecule has 2 aromatic heterocycles. The normalized spacial score (nSPS) is 10.6. The maximum atomic E-state index is 12.8. The molecule has 3 rings (SSSR count). The zero-order valence-corrected chi connectivity index (χ0v) is 16.9. The van der Waals surface area contributed by atoms with Gasteiger partial charge in [0.05, 0.1) is 0 Å². The Morgan fingerprint density at radius 1 is 1.14 bits per heavy atom. The van der Waals surface area contributed by atoms with Crippen LogP contribution in [0.15, 0.2) is 48.8 Å². The summed E-state index contributed by atoms with van der Waals surface area (Å²) in [6.45, 7) is 4.28. The first-order chi connectivity index (χ1) is 13.4. The molecule has 7 heteroatoms. The minimum atomic E-state index is -0.148. The smallest absolute Gasteiger partial charge is 0.272 e. The van der Waals surface area contributed by atoms with Crippen molar-refractivity contribution in [1.29, 1.82) is 0 Å². The third-order valence-electron chi connectivity index (χ3n) is 4.42. The molecule has 144 valence electrons. The number of hydrogen-bond donors (Lipinski definition) is 1. The van der Waals surface area contributed by atoms with E-state index in [9.17, 15) is 4.79 Å². The van der Waals surface area contributed by atoms with Gasteiger partial charge in [-0.05, 0) is 55.7 Å². The van der Waals surface area contributed by atoms with Crippen LogP contribution in [0.25, 0.3) is 0 Å². The van der Waals surface area contributed by atoms with Gasteiger partial charge in [0.2, 0.25) is 0 Å². The molecule has 28 heavy (non-hydrogen) atoms. The maximum absolute atomic E-state index is 12.8. The molecule has 0 atom stereocenters. The van der Waals surface area contributed by atoms with Crippen molar-refractivity contribution in [2.75, 3.05) is 18.9 Å². The van der Waals surface area contributed by atoms with Crippen LogP contribution in [0.3, 0.4) is 0 Å². The minimum Gasteiger partial charge on any atom is -0.340 e. The molecule has 0 unspecified atom stereocenters. The summed E-state index contributed by atoms with van der Waals surface area (Å²) in [7, 11) is 1.77. The lowest BCUT2D eigenvalue weighted by Crippen LogP contribution is -2.30. The molecule has 6 nitrogen and oxygen atoms in total. The summed E-state index contributed by atoms with van der Waals surface area (Å²) in [5, 5.41) is 3.90. The van der Waals surface area contributed by atoms with E-state index in [2.05, 4.69) is 20.3 Å². The summed E-state index contributed by atoms with van der Waals surface area (Å²) < 4.78 is 0. The van der Waals surface area contributed by atoms with Gasteiger partial charge in [0, 0.05) is 42.8 Å². The Morgan fingerprint density at radius 3 is 2.64 bits per heavy atom. The Bertz CT molecular complexity index is 978. The second-order valence-corrected chi connectivity index (χ2v) is 6.96. The van der Waals surface area contributed by atoms with Gasteiger partial charge >= 0.3 is 0 Å². The number of halogens is 1. The van der Waals surface area contributed by atoms with E-state index in [1.165, 1.54) is 0 Å². The lowest BCUT2D eigenvalue weighted by molar-refractivity contribution is 0.0790. The fourth-order valence-electron chi connectivity index (χ4n) is 2.77. The minimum absolute atomic E-state index is 0.148. The number of carbonyl (C=O) groups excluding carboxylic acids is 1. The van der Waals surface area contributed by atoms with Gasteiger partial charge in [-0.15, -0.1) is 0 Å². The highest BCUT2D eigenvalue weighted by molar-refractivity contribution is 6.31. The highest BCUT2D eigenvalue weighted by Gasteiger charge is 2.16. The molecule has 0 aliphatic heterocycles. The molecule has 0 radical (unpaired) electrons. The Morgan fingerprint density at radius 2 is 1.89 bits per heavy atom. The van der Waals surface area contributed by atoms with E-state index in [0.29, 0.717) is 28.9 Å². The van der Waals surface area contributed by atoms with E-state index in [1.807, 2.05) is 37.3 Å². The number of aryl methyl sites for hydroxylation is 1. The largest absolute Gasteiger partial charge is 0.340 e. The predicted octanol–water partition coefficient (Wildman–Crippen LogP) is 4.20. The number of anilines is 2. The van der Waals surface area contributed by atoms with Gasteiger partial charge in [-0.3, -0.25) is 9.78 Å². The van der Waals surface area contributed by atoms with Crippen molar-refractivity contribution in [3.8, 4) is 0 Å². The van der Waals surface area contributed by atoms with E-state index in [-0.39, 0.29) is 5.91 Å². The standard InChI is InChI=1S/C21H22ClN5O/c1-14-17(22)5-4-6-18(14)26-20-13-19(24-15(2)25-20)21(28)27(3)12-9-16-7-10-23-11-8-16/h4-8,10-11,13H,9,12H2,1-3H3,(H,24,25,26). The molecule has 0 saturated carbocycles. The zero-order chi connectivity index (χ0) is 20.1. The highest BCUT2D eigenvalue weighted by Crippen LogP contribution is 2.25. The molecule has 0 saturated heterocycles. The van der Waals surface area contributed by atoms with Gasteiger partial charge in [-0.1, -0.05) is 17.7 Å². The average molecular weight is 396 g/mol. The van der Waals surface area contributed by atoms with E-state index in [4.69, 9.17) is 11.6 Å². The van der Waals surface area contributed by atoms with Crippen LogP contribution in [0.1, 0.15) is 27.4 Å². The van der Waals surface area contributed by atoms with E-state index >= 15 is 0 Å². The number of nitrogens with one attached hydrogen (secondary N) is 1. The Balaban J connectivity index is 1.74. The molecule has 0 bridgehead atoms. The summed E-state index contributed by atoms with van der Waals surface area (Å²) in [5.74, 6) is 0.935. The zero-order valence-electron chi connectivity index (χ0n) is 16.1. The topological polar surface area (TPSA) is 71.0 Å². The molecule has 0 spiro atoms. The maximum Gasteiger partial charge on any atom is 0.272 e. The summed E-state index contributed by atoms with van der Waals surface area (Å²) >= 11 is 6.18. The number of pyridine rings is 1. The molecule has 2 heterocycles. The Labute approximate surface area is 169 Å². The molecule has 0 aliphatic carbocycles. The van der Waals surface area contributed by atoms with Gasteiger partial charge in [-0.25, -0.2) is 9.97 Å². The van der Waals surface area contributed by atoms with Crippen LogP contribution < -0.4 is 5.32 Å². The van der Waals surface area contributed by atoms with Crippen LogP contribution in [0, 0.1) is 13.8 Å². The number of rotatable bonds is 6. The third-order valence-corrected chi connectivity index (χ3v) is 4.83. The molecular formula is C21H22ClN5O. The van der Waals surface area contributed by atoms with Crippen molar-refractivity contribution in [3.63, 3.8) is 0 Å². The fraction of sp³-hybridized carbons (Fsp3) is 0.238. The van der Waals surface area contributed by atoms with Crippen LogP contribution in [-0.4, -0.2) is 39.4 Å². The number of hydrogen-bond acceptors (Lipinski definition) is 5. The van der Waals surface area contributed by atoms with Crippen molar-refractivity contribution in [2.24, 2.45) is 0 Å². The summed E-state index contributed by atoms with van der Waals surface area (Å²) in [6.07, 6.45) is 4.25. The first kappa shape index (κ1) is 19.8. The first-order valence-corrected chi connectivity index (χ1v) is 9.34. The molecule has 3 aromatic rings. The Kier molecular flexibility index (Phi) is 6.21. The Hall–Kier alpha value is -2.99. The van der Waals surface area contributed by atoms with Crippen LogP contribution in [-0.2, 0) is 6.42 Å². The molecule has 1 aromatic carbocycles. The van der Waals surface area contributed by atoms with Crippen molar-refractivity contribution in [1.82, 2.24) is 19.9 Å². The van der Waals surface area contributed by atoms with Crippen LogP contribution in [0.2, 0.25) is 5.02 Å². The van der Waals surface area contributed by atoms with Gasteiger partial charge in [0.25, 0.3) is 5.91 Å². The monoisotopic (exact) mass is 395 g/mol. The number of nitrogens with zero attached hydrogens (tertiary/aromatic N) is 4. The molecule has 1 amide bonds. The number of likely N-dealkylation sites (N-methyl/N-ethyl adjacent to an activating group) is 1. The lowest BCUT2D eigenvalue weighted by atomic mass is 10.2. The van der Waals surface area contributed by atoms with E-state index in [1.54, 1.807) is 37.3 Å². The fourth-order valence-corrected chi connectivity index (χ4v) is 2.94. The molecule has 0 aliphatic rings. The number of aromatic nitrogens is 3. The van der Waals surface area contributed by atoms with E-state index < -0.39 is 0 Å². The van der Waals surface area contributed by atoms with Crippen molar-refractivity contribution in [2.45, 2.75) is 20.3 Å². The number of carbonyl (C=O) groups is 1. The second-order valence-electron chi connectivity index (χ2n) is 6.56. The van der Waals surface area contributed by atoms with Gasteiger partial charge in [0.15, 0.2) is 0 Å². The van der Waals surface area contributed by atoms with Crippen molar-refractivity contribution >= 4 is 29.0 Å². The van der Waals surface area contributed by atoms with Crippen LogP contribution in [0.5, 0.6) is 0 Å². The number of benzene rings is 1. The van der Waals surface area contributed by atoms with Crippen molar-refractivity contribution < 1.29 is 4.79 Å². The SMILES string of the molecule is Cc1nc(Nc2cccc(Cl)c2C)cc(C(=O)N(C)CCc2ccncc2)n1. The van der Waals surface area contributed by atoms with Crippen LogP contribution in [0.4, 0.5) is 11.5 Å². The molecular weight excluding hydrogens is 374 g/mol. The van der Waals surface area contributed by atoms with Crippen molar-refractivity contribution in [3.05, 3.63) is 76.5 Å². The average Bonchev–Trinajstić information content (AvgIpc) is 2.69. The predicted molar refractivity (Wildman–Crippen MR) is 111 cm³/mol. The first-order valence-electron chi connectivity index (χ1n) is 8.96. The third kappa shape index (κ3) is 4.84. The van der Waals surface area contributed by atoms with E-state index in [0.717, 1.165) is 23.2 Å². The van der Waals surface area contributed by atoms with Gasteiger partial charge in [0.1, 0.15) is 17.3 Å². The van der Waals surface area contributed by atoms with Gasteiger partial charge in [-0.2, -0.15) is 0 Å². The van der Waals surface area contributed by atoms with Crippen LogP contribution >= 0.6 is 11.6 Å². The number of amides is 1.